The van der Waals surface area contributed by atoms with Gasteiger partial charge >= 0.3 is 0 Å². The molecule has 1 atom stereocenters. The second-order valence-electron chi connectivity index (χ2n) is 9.10. The summed E-state index contributed by atoms with van der Waals surface area (Å²) in [5.41, 5.74) is 3.33. The van der Waals surface area contributed by atoms with Gasteiger partial charge in [-0.05, 0) is 42.0 Å². The first-order valence-electron chi connectivity index (χ1n) is 12.5. The first-order valence-corrected chi connectivity index (χ1v) is 12.5. The fraction of sp³-hybridized carbons (Fsp3) is 0.333. The van der Waals surface area contributed by atoms with Crippen LogP contribution in [0.5, 0.6) is 5.75 Å². The molecule has 1 unspecified atom stereocenters. The Morgan fingerprint density at radius 1 is 0.914 bits per heavy atom. The minimum Gasteiger partial charge on any atom is -0.483 e. The molecule has 1 heterocycles. The molecule has 0 saturated carbocycles. The van der Waals surface area contributed by atoms with Crippen LogP contribution < -0.4 is 10.1 Å². The van der Waals surface area contributed by atoms with Gasteiger partial charge in [-0.1, -0.05) is 85.8 Å². The van der Waals surface area contributed by atoms with Crippen LogP contribution in [-0.4, -0.2) is 42.5 Å². The van der Waals surface area contributed by atoms with E-state index in [9.17, 15) is 9.59 Å². The summed E-state index contributed by atoms with van der Waals surface area (Å²) in [5, 5.41) is 3.09. The third-order valence-corrected chi connectivity index (χ3v) is 6.65. The van der Waals surface area contributed by atoms with Crippen LogP contribution in [0.3, 0.4) is 0 Å². The molecule has 1 N–H and O–H groups in total. The number of benzene rings is 3. The van der Waals surface area contributed by atoms with E-state index in [-0.39, 0.29) is 30.4 Å². The predicted molar refractivity (Wildman–Crippen MR) is 138 cm³/mol. The predicted octanol–water partition coefficient (Wildman–Crippen LogP) is 4.96. The molecule has 0 aliphatic carbocycles. The largest absolute Gasteiger partial charge is 0.483 e. The Labute approximate surface area is 208 Å². The van der Waals surface area contributed by atoms with Gasteiger partial charge in [-0.15, -0.1) is 0 Å². The van der Waals surface area contributed by atoms with E-state index in [1.54, 1.807) is 0 Å². The number of carbonyl (C=O) groups excluding carboxylic acids is 2. The lowest BCUT2D eigenvalue weighted by molar-refractivity contribution is -0.134. The van der Waals surface area contributed by atoms with Gasteiger partial charge in [-0.3, -0.25) is 9.59 Å². The standard InChI is InChI=1S/C30H34N2O3/c1-2-27(24-13-7-4-8-14-24)30(34)32-19-17-26(18-20-32)31-29(33)22-35-28-16-10-9-15-25(28)21-23-11-5-3-6-12-23/h3-16,26-27H,2,17-22H2,1H3,(H,31,33). The van der Waals surface area contributed by atoms with Crippen molar-refractivity contribution in [2.24, 2.45) is 0 Å². The van der Waals surface area contributed by atoms with E-state index < -0.39 is 0 Å². The summed E-state index contributed by atoms with van der Waals surface area (Å²) in [7, 11) is 0. The Hall–Kier alpha value is -3.60. The van der Waals surface area contributed by atoms with Crippen molar-refractivity contribution in [2.45, 2.75) is 44.6 Å². The van der Waals surface area contributed by atoms with Crippen LogP contribution in [0.15, 0.2) is 84.9 Å². The lowest BCUT2D eigenvalue weighted by Gasteiger charge is -2.34. The SMILES string of the molecule is CCC(C(=O)N1CCC(NC(=O)COc2ccccc2Cc2ccccc2)CC1)c1ccccc1. The highest BCUT2D eigenvalue weighted by atomic mass is 16.5. The number of ether oxygens (including phenoxy) is 1. The topological polar surface area (TPSA) is 58.6 Å². The minimum absolute atomic E-state index is 0.0170. The normalized spacial score (nSPS) is 14.8. The number of hydrogen-bond donors (Lipinski definition) is 1. The molecule has 3 aromatic carbocycles. The molecule has 2 amide bonds. The number of para-hydroxylation sites is 1. The van der Waals surface area contributed by atoms with Gasteiger partial charge in [-0.2, -0.15) is 0 Å². The van der Waals surface area contributed by atoms with Crippen LogP contribution in [-0.2, 0) is 16.0 Å². The molecule has 1 fully saturated rings. The summed E-state index contributed by atoms with van der Waals surface area (Å²) in [6.07, 6.45) is 3.05. The molecule has 3 aromatic rings. The lowest BCUT2D eigenvalue weighted by Crippen LogP contribution is -2.48. The average Bonchev–Trinajstić information content (AvgIpc) is 2.90. The minimum atomic E-state index is -0.125. The second-order valence-corrected chi connectivity index (χ2v) is 9.10. The van der Waals surface area contributed by atoms with Gasteiger partial charge in [0.05, 0.1) is 5.92 Å². The molecule has 5 nitrogen and oxygen atoms in total. The fourth-order valence-electron chi connectivity index (χ4n) is 4.72. The van der Waals surface area contributed by atoms with Gasteiger partial charge in [0.25, 0.3) is 5.91 Å². The van der Waals surface area contributed by atoms with Crippen molar-refractivity contribution in [3.63, 3.8) is 0 Å². The summed E-state index contributed by atoms with van der Waals surface area (Å²) >= 11 is 0. The van der Waals surface area contributed by atoms with Crippen molar-refractivity contribution >= 4 is 11.8 Å². The zero-order valence-corrected chi connectivity index (χ0v) is 20.4. The molecule has 0 radical (unpaired) electrons. The zero-order valence-electron chi connectivity index (χ0n) is 20.4. The highest BCUT2D eigenvalue weighted by Crippen LogP contribution is 2.24. The Bertz CT molecular complexity index is 1090. The summed E-state index contributed by atoms with van der Waals surface area (Å²) in [4.78, 5) is 27.6. The van der Waals surface area contributed by atoms with Crippen LogP contribution in [0.25, 0.3) is 0 Å². The Morgan fingerprint density at radius 2 is 1.54 bits per heavy atom. The van der Waals surface area contributed by atoms with E-state index in [0.29, 0.717) is 13.1 Å². The van der Waals surface area contributed by atoms with Gasteiger partial charge < -0.3 is 15.0 Å². The molecule has 4 rings (SSSR count). The van der Waals surface area contributed by atoms with Crippen molar-refractivity contribution in [2.75, 3.05) is 19.7 Å². The van der Waals surface area contributed by atoms with E-state index in [1.807, 2.05) is 77.7 Å². The van der Waals surface area contributed by atoms with Crippen molar-refractivity contribution in [3.8, 4) is 5.75 Å². The summed E-state index contributed by atoms with van der Waals surface area (Å²) < 4.78 is 5.89. The number of nitrogens with zero attached hydrogens (tertiary/aromatic N) is 1. The maximum atomic E-state index is 13.1. The number of piperidine rings is 1. The highest BCUT2D eigenvalue weighted by molar-refractivity contribution is 5.84. The van der Waals surface area contributed by atoms with Gasteiger partial charge in [0.1, 0.15) is 5.75 Å². The molecule has 1 aliphatic rings. The van der Waals surface area contributed by atoms with Crippen molar-refractivity contribution < 1.29 is 14.3 Å². The number of amides is 2. The number of hydrogen-bond acceptors (Lipinski definition) is 3. The maximum Gasteiger partial charge on any atom is 0.258 e. The smallest absolute Gasteiger partial charge is 0.258 e. The van der Waals surface area contributed by atoms with Crippen LogP contribution in [0.2, 0.25) is 0 Å². The van der Waals surface area contributed by atoms with Crippen molar-refractivity contribution in [1.29, 1.82) is 0 Å². The van der Waals surface area contributed by atoms with Crippen LogP contribution in [0.1, 0.15) is 48.8 Å². The van der Waals surface area contributed by atoms with E-state index in [1.165, 1.54) is 5.56 Å². The van der Waals surface area contributed by atoms with Crippen LogP contribution >= 0.6 is 0 Å². The van der Waals surface area contributed by atoms with Gasteiger partial charge in [0, 0.05) is 25.6 Å². The van der Waals surface area contributed by atoms with E-state index in [2.05, 4.69) is 24.4 Å². The molecule has 0 spiro atoms. The van der Waals surface area contributed by atoms with E-state index >= 15 is 0 Å². The van der Waals surface area contributed by atoms with Crippen LogP contribution in [0, 0.1) is 0 Å². The Kier molecular flexibility index (Phi) is 8.55. The molecule has 0 aromatic heterocycles. The Morgan fingerprint density at radius 3 is 2.23 bits per heavy atom. The van der Waals surface area contributed by atoms with Gasteiger partial charge in [0.15, 0.2) is 6.61 Å². The number of likely N-dealkylation sites (tertiary alicyclic amines) is 1. The molecule has 1 saturated heterocycles. The second kappa shape index (κ2) is 12.2. The van der Waals surface area contributed by atoms with E-state index in [0.717, 1.165) is 42.6 Å². The van der Waals surface area contributed by atoms with Crippen molar-refractivity contribution in [3.05, 3.63) is 102 Å². The first-order chi connectivity index (χ1) is 17.1. The zero-order chi connectivity index (χ0) is 24.5. The third kappa shape index (κ3) is 6.72. The number of rotatable bonds is 9. The molecular formula is C30H34N2O3. The quantitative estimate of drug-likeness (QED) is 0.481. The third-order valence-electron chi connectivity index (χ3n) is 6.65. The van der Waals surface area contributed by atoms with Gasteiger partial charge in [0.2, 0.25) is 5.91 Å². The maximum absolute atomic E-state index is 13.1. The highest BCUT2D eigenvalue weighted by Gasteiger charge is 2.28. The molecule has 0 bridgehead atoms. The summed E-state index contributed by atoms with van der Waals surface area (Å²) in [6, 6.07) is 28.1. The molecular weight excluding hydrogens is 436 g/mol. The van der Waals surface area contributed by atoms with Gasteiger partial charge in [-0.25, -0.2) is 0 Å². The van der Waals surface area contributed by atoms with Crippen molar-refractivity contribution in [1.82, 2.24) is 10.2 Å². The molecule has 1 aliphatic heterocycles. The average molecular weight is 471 g/mol. The lowest BCUT2D eigenvalue weighted by atomic mass is 9.93. The number of nitrogens with one attached hydrogen (secondary N) is 1. The fourth-order valence-corrected chi connectivity index (χ4v) is 4.72. The monoisotopic (exact) mass is 470 g/mol. The summed E-state index contributed by atoms with van der Waals surface area (Å²) in [5.74, 6) is 0.687. The first kappa shape index (κ1) is 24.5. The molecule has 5 heteroatoms. The number of carbonyl (C=O) groups is 2. The van der Waals surface area contributed by atoms with Crippen LogP contribution in [0.4, 0.5) is 0 Å². The summed E-state index contributed by atoms with van der Waals surface area (Å²) in [6.45, 7) is 3.36. The van der Waals surface area contributed by atoms with E-state index in [4.69, 9.17) is 4.74 Å². The molecule has 35 heavy (non-hydrogen) atoms. The Balaban J connectivity index is 1.25. The molecule has 182 valence electrons.